The Kier molecular flexibility index (Phi) is 5.86. The number of carbonyl (C=O) groups is 1. The molecule has 110 valence electrons. The summed E-state index contributed by atoms with van der Waals surface area (Å²) in [6.45, 7) is 2.19. The first-order valence-electron chi connectivity index (χ1n) is 6.93. The van der Waals surface area contributed by atoms with Gasteiger partial charge in [0, 0.05) is 24.0 Å². The van der Waals surface area contributed by atoms with E-state index in [1.54, 1.807) is 18.2 Å². The molecule has 0 saturated carbocycles. The molecule has 0 bridgehead atoms. The van der Waals surface area contributed by atoms with Crippen molar-refractivity contribution in [2.45, 2.75) is 25.4 Å². The third-order valence-electron chi connectivity index (χ3n) is 3.56. The average molecular weight is 342 g/mol. The quantitative estimate of drug-likeness (QED) is 0.836. The molecule has 0 spiro atoms. The van der Waals surface area contributed by atoms with E-state index in [1.807, 2.05) is 11.0 Å². The number of halogens is 1. The molecule has 0 atom stereocenters. The summed E-state index contributed by atoms with van der Waals surface area (Å²) in [5, 5.41) is 10.5. The van der Waals surface area contributed by atoms with Gasteiger partial charge < -0.3 is 14.7 Å². The lowest BCUT2D eigenvalue weighted by Gasteiger charge is -2.32. The smallest absolute Gasteiger partial charge is 0.227 e. The number of alkyl halides is 1. The Bertz CT molecular complexity index is 444. The minimum absolute atomic E-state index is 0.0745. The van der Waals surface area contributed by atoms with Crippen molar-refractivity contribution in [3.8, 4) is 5.75 Å². The zero-order chi connectivity index (χ0) is 14.4. The summed E-state index contributed by atoms with van der Waals surface area (Å²) >= 11 is 3.34. The number of piperidine rings is 1. The molecule has 1 aliphatic heterocycles. The van der Waals surface area contributed by atoms with Gasteiger partial charge >= 0.3 is 0 Å². The third kappa shape index (κ3) is 4.21. The highest BCUT2D eigenvalue weighted by molar-refractivity contribution is 9.09. The Morgan fingerprint density at radius 2 is 2.05 bits per heavy atom. The molecule has 1 amide bonds. The number of amides is 1. The van der Waals surface area contributed by atoms with Crippen LogP contribution in [-0.2, 0) is 16.0 Å². The van der Waals surface area contributed by atoms with Crippen molar-refractivity contribution >= 4 is 21.8 Å². The van der Waals surface area contributed by atoms with E-state index in [4.69, 9.17) is 4.74 Å². The van der Waals surface area contributed by atoms with E-state index >= 15 is 0 Å². The molecule has 1 fully saturated rings. The van der Waals surface area contributed by atoms with Crippen LogP contribution in [0.4, 0.5) is 0 Å². The first kappa shape index (κ1) is 15.3. The summed E-state index contributed by atoms with van der Waals surface area (Å²) in [4.78, 5) is 14.1. The Labute approximate surface area is 127 Å². The number of hydrogen-bond acceptors (Lipinski definition) is 3. The zero-order valence-corrected chi connectivity index (χ0v) is 13.0. The Morgan fingerprint density at radius 1 is 1.35 bits per heavy atom. The molecule has 0 unspecified atom stereocenters. The number of ether oxygens (including phenoxy) is 1. The molecule has 2 rings (SSSR count). The van der Waals surface area contributed by atoms with Crippen LogP contribution in [0, 0.1) is 0 Å². The number of benzene rings is 1. The van der Waals surface area contributed by atoms with Gasteiger partial charge in [-0.1, -0.05) is 34.1 Å². The van der Waals surface area contributed by atoms with Gasteiger partial charge in [0.25, 0.3) is 0 Å². The number of carbonyl (C=O) groups excluding carboxylic acids is 1. The number of nitrogens with zero attached hydrogens (tertiary/aromatic N) is 1. The predicted molar refractivity (Wildman–Crippen MR) is 81.2 cm³/mol. The molecular formula is C15H20BrNO3. The first-order valence-corrected chi connectivity index (χ1v) is 8.05. The molecule has 1 aromatic carbocycles. The van der Waals surface area contributed by atoms with Crippen molar-refractivity contribution in [1.29, 1.82) is 0 Å². The van der Waals surface area contributed by atoms with Gasteiger partial charge in [-0.2, -0.15) is 0 Å². The maximum Gasteiger partial charge on any atom is 0.227 e. The van der Waals surface area contributed by atoms with Crippen molar-refractivity contribution in [2.24, 2.45) is 0 Å². The van der Waals surface area contributed by atoms with Crippen molar-refractivity contribution in [3.63, 3.8) is 0 Å². The second-order valence-corrected chi connectivity index (χ2v) is 5.74. The largest absolute Gasteiger partial charge is 0.508 e. The number of aromatic hydroxyl groups is 1. The third-order valence-corrected chi connectivity index (χ3v) is 3.88. The molecule has 4 nitrogen and oxygen atoms in total. The molecule has 0 aromatic heterocycles. The lowest BCUT2D eigenvalue weighted by Crippen LogP contribution is -2.41. The van der Waals surface area contributed by atoms with Gasteiger partial charge in [-0.3, -0.25) is 4.79 Å². The number of phenols is 1. The van der Waals surface area contributed by atoms with E-state index in [9.17, 15) is 9.90 Å². The van der Waals surface area contributed by atoms with Crippen LogP contribution in [0.1, 0.15) is 18.4 Å². The number of phenolic OH excluding ortho intramolecular Hbond substituents is 1. The molecule has 0 aliphatic carbocycles. The van der Waals surface area contributed by atoms with E-state index in [-0.39, 0.29) is 24.2 Å². The minimum Gasteiger partial charge on any atom is -0.508 e. The average Bonchev–Trinajstić information content (AvgIpc) is 2.48. The highest BCUT2D eigenvalue weighted by Gasteiger charge is 2.23. The normalized spacial score (nSPS) is 16.4. The molecule has 20 heavy (non-hydrogen) atoms. The maximum absolute atomic E-state index is 12.2. The zero-order valence-electron chi connectivity index (χ0n) is 11.4. The van der Waals surface area contributed by atoms with Gasteiger partial charge in [-0.05, 0) is 18.9 Å². The first-order chi connectivity index (χ1) is 9.70. The van der Waals surface area contributed by atoms with Crippen molar-refractivity contribution in [3.05, 3.63) is 29.8 Å². The monoisotopic (exact) mass is 341 g/mol. The second-order valence-electron chi connectivity index (χ2n) is 4.95. The number of rotatable bonds is 5. The second kappa shape index (κ2) is 7.64. The van der Waals surface area contributed by atoms with Crippen LogP contribution in [0.3, 0.4) is 0 Å². The van der Waals surface area contributed by atoms with Crippen molar-refractivity contribution < 1.29 is 14.6 Å². The van der Waals surface area contributed by atoms with Crippen LogP contribution in [0.5, 0.6) is 5.75 Å². The topological polar surface area (TPSA) is 49.8 Å². The molecule has 1 N–H and O–H groups in total. The molecule has 0 radical (unpaired) electrons. The lowest BCUT2D eigenvalue weighted by molar-refractivity contribution is -0.133. The van der Waals surface area contributed by atoms with E-state index in [0.717, 1.165) is 37.9 Å². The van der Waals surface area contributed by atoms with Gasteiger partial charge in [0.1, 0.15) is 5.75 Å². The summed E-state index contributed by atoms with van der Waals surface area (Å²) in [7, 11) is 0. The van der Waals surface area contributed by atoms with Gasteiger partial charge in [0.15, 0.2) is 0 Å². The molecule has 1 saturated heterocycles. The lowest BCUT2D eigenvalue weighted by atomic mass is 10.1. The fraction of sp³-hybridized carbons (Fsp3) is 0.533. The van der Waals surface area contributed by atoms with E-state index in [2.05, 4.69) is 15.9 Å². The summed E-state index contributed by atoms with van der Waals surface area (Å²) in [5.41, 5.74) is 0.690. The number of para-hydroxylation sites is 1. The fourth-order valence-corrected chi connectivity index (χ4v) is 2.61. The molecule has 5 heteroatoms. The van der Waals surface area contributed by atoms with Crippen molar-refractivity contribution in [2.75, 3.05) is 25.0 Å². The summed E-state index contributed by atoms with van der Waals surface area (Å²) in [5.74, 6) is 0.266. The predicted octanol–water partition coefficient (Wildman–Crippen LogP) is 2.34. The minimum atomic E-state index is 0.0745. The van der Waals surface area contributed by atoms with Gasteiger partial charge in [0.05, 0.1) is 19.1 Å². The van der Waals surface area contributed by atoms with Gasteiger partial charge in [-0.25, -0.2) is 0 Å². The molecule has 1 heterocycles. The maximum atomic E-state index is 12.2. The van der Waals surface area contributed by atoms with Crippen LogP contribution >= 0.6 is 15.9 Å². The molecule has 1 aliphatic rings. The van der Waals surface area contributed by atoms with Gasteiger partial charge in [-0.15, -0.1) is 0 Å². The van der Waals surface area contributed by atoms with E-state index < -0.39 is 0 Å². The highest BCUT2D eigenvalue weighted by Crippen LogP contribution is 2.19. The molecule has 1 aromatic rings. The Morgan fingerprint density at radius 3 is 2.70 bits per heavy atom. The standard InChI is InChI=1S/C15H20BrNO3/c16-7-10-20-13-5-8-17(9-6-13)15(19)11-12-3-1-2-4-14(12)18/h1-4,13,18H,5-11H2. The van der Waals surface area contributed by atoms with E-state index in [0.29, 0.717) is 5.56 Å². The molecular weight excluding hydrogens is 322 g/mol. The number of likely N-dealkylation sites (tertiary alicyclic amines) is 1. The van der Waals surface area contributed by atoms with Crippen LogP contribution in [0.2, 0.25) is 0 Å². The Hall–Kier alpha value is -1.07. The van der Waals surface area contributed by atoms with Crippen molar-refractivity contribution in [1.82, 2.24) is 4.90 Å². The van der Waals surface area contributed by atoms with Crippen LogP contribution in [0.25, 0.3) is 0 Å². The fourth-order valence-electron chi connectivity index (χ4n) is 2.42. The van der Waals surface area contributed by atoms with Gasteiger partial charge in [0.2, 0.25) is 5.91 Å². The van der Waals surface area contributed by atoms with Crippen LogP contribution < -0.4 is 0 Å². The summed E-state index contributed by atoms with van der Waals surface area (Å²) < 4.78 is 5.67. The summed E-state index contributed by atoms with van der Waals surface area (Å²) in [6, 6.07) is 7.00. The Balaban J connectivity index is 1.82. The summed E-state index contributed by atoms with van der Waals surface area (Å²) in [6.07, 6.45) is 2.31. The van der Waals surface area contributed by atoms with Crippen LogP contribution in [0.15, 0.2) is 24.3 Å². The van der Waals surface area contributed by atoms with Crippen LogP contribution in [-0.4, -0.2) is 47.0 Å². The highest BCUT2D eigenvalue weighted by atomic mass is 79.9. The SMILES string of the molecule is O=C(Cc1ccccc1O)N1CCC(OCCBr)CC1. The van der Waals surface area contributed by atoms with E-state index in [1.165, 1.54) is 0 Å². The number of hydrogen-bond donors (Lipinski definition) is 1.